The fourth-order valence-corrected chi connectivity index (χ4v) is 2.44. The van der Waals surface area contributed by atoms with Crippen molar-refractivity contribution in [1.82, 2.24) is 5.32 Å². The van der Waals surface area contributed by atoms with Crippen molar-refractivity contribution in [2.45, 2.75) is 72.4 Å². The lowest BCUT2D eigenvalue weighted by molar-refractivity contribution is 0.195. The molecule has 20 heavy (non-hydrogen) atoms. The second kappa shape index (κ2) is 7.12. The summed E-state index contributed by atoms with van der Waals surface area (Å²) in [6.45, 7) is 16.3. The Labute approximate surface area is 124 Å². The van der Waals surface area contributed by atoms with Gasteiger partial charge < -0.3 is 10.1 Å². The third-order valence-electron chi connectivity index (χ3n) is 3.61. The predicted molar refractivity (Wildman–Crippen MR) is 87.7 cm³/mol. The third kappa shape index (κ3) is 5.16. The standard InChI is InChI=1S/C18H31NO/c1-8-19-14(3)12-15(4)20-17-10-9-16(11-13(17)2)18(5,6)7/h9-11,14-15,19H,8,12H2,1-7H3. The van der Waals surface area contributed by atoms with Gasteiger partial charge in [-0.05, 0) is 56.3 Å². The molecule has 2 nitrogen and oxygen atoms in total. The maximum atomic E-state index is 6.09. The van der Waals surface area contributed by atoms with Gasteiger partial charge in [0.2, 0.25) is 0 Å². The molecule has 114 valence electrons. The van der Waals surface area contributed by atoms with Crippen LogP contribution in [-0.4, -0.2) is 18.7 Å². The van der Waals surface area contributed by atoms with E-state index in [4.69, 9.17) is 4.74 Å². The minimum Gasteiger partial charge on any atom is -0.490 e. The van der Waals surface area contributed by atoms with Gasteiger partial charge in [-0.25, -0.2) is 0 Å². The van der Waals surface area contributed by atoms with Crippen molar-refractivity contribution in [1.29, 1.82) is 0 Å². The van der Waals surface area contributed by atoms with E-state index < -0.39 is 0 Å². The lowest BCUT2D eigenvalue weighted by Gasteiger charge is -2.23. The van der Waals surface area contributed by atoms with E-state index in [1.54, 1.807) is 0 Å². The Hall–Kier alpha value is -1.02. The van der Waals surface area contributed by atoms with Gasteiger partial charge >= 0.3 is 0 Å². The second-order valence-corrected chi connectivity index (χ2v) is 6.85. The Morgan fingerprint density at radius 3 is 2.35 bits per heavy atom. The average Bonchev–Trinajstić information content (AvgIpc) is 2.30. The summed E-state index contributed by atoms with van der Waals surface area (Å²) in [4.78, 5) is 0. The molecule has 2 heteroatoms. The van der Waals surface area contributed by atoms with Crippen LogP contribution in [-0.2, 0) is 5.41 Å². The Balaban J connectivity index is 2.69. The predicted octanol–water partition coefficient (Wildman–Crippen LogP) is 4.45. The molecule has 0 saturated carbocycles. The van der Waals surface area contributed by atoms with E-state index in [2.05, 4.69) is 72.0 Å². The van der Waals surface area contributed by atoms with Gasteiger partial charge in [-0.1, -0.05) is 39.8 Å². The lowest BCUT2D eigenvalue weighted by Crippen LogP contribution is -2.30. The highest BCUT2D eigenvalue weighted by Crippen LogP contribution is 2.28. The zero-order chi connectivity index (χ0) is 15.3. The zero-order valence-corrected chi connectivity index (χ0v) is 14.2. The highest BCUT2D eigenvalue weighted by atomic mass is 16.5. The van der Waals surface area contributed by atoms with Gasteiger partial charge in [-0.15, -0.1) is 0 Å². The molecule has 0 aliphatic heterocycles. The highest BCUT2D eigenvalue weighted by molar-refractivity contribution is 5.38. The smallest absolute Gasteiger partial charge is 0.122 e. The quantitative estimate of drug-likeness (QED) is 0.829. The molecule has 1 N–H and O–H groups in total. The van der Waals surface area contributed by atoms with Gasteiger partial charge in [0.15, 0.2) is 0 Å². The van der Waals surface area contributed by atoms with E-state index in [9.17, 15) is 0 Å². The minimum absolute atomic E-state index is 0.189. The number of nitrogens with one attached hydrogen (secondary N) is 1. The van der Waals surface area contributed by atoms with Crippen LogP contribution in [0.3, 0.4) is 0 Å². The van der Waals surface area contributed by atoms with Crippen molar-refractivity contribution in [2.24, 2.45) is 0 Å². The summed E-state index contributed by atoms with van der Waals surface area (Å²) in [5, 5.41) is 3.43. The largest absolute Gasteiger partial charge is 0.490 e. The van der Waals surface area contributed by atoms with Gasteiger partial charge in [0, 0.05) is 6.04 Å². The first-order valence-electron chi connectivity index (χ1n) is 7.75. The topological polar surface area (TPSA) is 21.3 Å². The van der Waals surface area contributed by atoms with Crippen molar-refractivity contribution < 1.29 is 4.74 Å². The minimum atomic E-state index is 0.189. The van der Waals surface area contributed by atoms with Gasteiger partial charge in [0.1, 0.15) is 5.75 Å². The number of hydrogen-bond donors (Lipinski definition) is 1. The van der Waals surface area contributed by atoms with Gasteiger partial charge in [-0.3, -0.25) is 0 Å². The van der Waals surface area contributed by atoms with E-state index in [1.807, 2.05) is 0 Å². The average molecular weight is 277 g/mol. The summed E-state index contributed by atoms with van der Waals surface area (Å²) in [5.74, 6) is 1.01. The Morgan fingerprint density at radius 1 is 1.20 bits per heavy atom. The fraction of sp³-hybridized carbons (Fsp3) is 0.667. The first-order valence-corrected chi connectivity index (χ1v) is 7.75. The Bertz CT molecular complexity index is 420. The maximum Gasteiger partial charge on any atom is 0.122 e. The van der Waals surface area contributed by atoms with Crippen LogP contribution in [0.5, 0.6) is 5.75 Å². The molecule has 0 saturated heterocycles. The summed E-state index contributed by atoms with van der Waals surface area (Å²) < 4.78 is 6.09. The Kier molecular flexibility index (Phi) is 6.07. The summed E-state index contributed by atoms with van der Waals surface area (Å²) in [7, 11) is 0. The van der Waals surface area contributed by atoms with E-state index >= 15 is 0 Å². The summed E-state index contributed by atoms with van der Waals surface area (Å²) >= 11 is 0. The summed E-state index contributed by atoms with van der Waals surface area (Å²) in [6.07, 6.45) is 1.25. The SMILES string of the molecule is CCNC(C)CC(C)Oc1ccc(C(C)(C)C)cc1C. The van der Waals surface area contributed by atoms with Crippen LogP contribution in [0.1, 0.15) is 59.1 Å². The van der Waals surface area contributed by atoms with Crippen molar-refractivity contribution in [3.05, 3.63) is 29.3 Å². The molecule has 0 aliphatic carbocycles. The third-order valence-corrected chi connectivity index (χ3v) is 3.61. The molecule has 0 amide bonds. The van der Waals surface area contributed by atoms with Gasteiger partial charge in [0.25, 0.3) is 0 Å². The molecule has 1 rings (SSSR count). The van der Waals surface area contributed by atoms with Crippen molar-refractivity contribution >= 4 is 0 Å². The molecule has 0 spiro atoms. The molecular formula is C18H31NO. The van der Waals surface area contributed by atoms with Crippen molar-refractivity contribution in [2.75, 3.05) is 6.54 Å². The molecule has 0 bridgehead atoms. The lowest BCUT2D eigenvalue weighted by atomic mass is 9.86. The summed E-state index contributed by atoms with van der Waals surface area (Å²) in [5.41, 5.74) is 2.77. The second-order valence-electron chi connectivity index (χ2n) is 6.85. The normalized spacial score (nSPS) is 14.9. The van der Waals surface area contributed by atoms with Crippen LogP contribution in [0.15, 0.2) is 18.2 Å². The van der Waals surface area contributed by atoms with E-state index in [1.165, 1.54) is 11.1 Å². The summed E-state index contributed by atoms with van der Waals surface area (Å²) in [6, 6.07) is 7.03. The molecular weight excluding hydrogens is 246 g/mol. The molecule has 2 atom stereocenters. The van der Waals surface area contributed by atoms with Crippen LogP contribution >= 0.6 is 0 Å². The van der Waals surface area contributed by atoms with Crippen LogP contribution in [0.25, 0.3) is 0 Å². The number of rotatable bonds is 6. The number of ether oxygens (including phenoxy) is 1. The van der Waals surface area contributed by atoms with Crippen molar-refractivity contribution in [3.63, 3.8) is 0 Å². The van der Waals surface area contributed by atoms with Crippen LogP contribution in [0.2, 0.25) is 0 Å². The molecule has 0 aromatic heterocycles. The molecule has 0 radical (unpaired) electrons. The van der Waals surface area contributed by atoms with Crippen LogP contribution in [0.4, 0.5) is 0 Å². The number of aryl methyl sites for hydroxylation is 1. The van der Waals surface area contributed by atoms with Gasteiger partial charge in [-0.2, -0.15) is 0 Å². The van der Waals surface area contributed by atoms with Crippen molar-refractivity contribution in [3.8, 4) is 5.75 Å². The molecule has 1 aromatic carbocycles. The molecule has 0 heterocycles. The number of hydrogen-bond acceptors (Lipinski definition) is 2. The number of benzene rings is 1. The van der Waals surface area contributed by atoms with Gasteiger partial charge in [0.05, 0.1) is 6.10 Å². The fourth-order valence-electron chi connectivity index (χ4n) is 2.44. The monoisotopic (exact) mass is 277 g/mol. The first-order chi connectivity index (χ1) is 9.24. The van der Waals surface area contributed by atoms with E-state index in [0.717, 1.165) is 18.7 Å². The van der Waals surface area contributed by atoms with E-state index in [0.29, 0.717) is 6.04 Å². The zero-order valence-electron chi connectivity index (χ0n) is 14.2. The highest BCUT2D eigenvalue weighted by Gasteiger charge is 2.16. The van der Waals surface area contributed by atoms with E-state index in [-0.39, 0.29) is 11.5 Å². The molecule has 0 fully saturated rings. The maximum absolute atomic E-state index is 6.09. The molecule has 0 aliphatic rings. The molecule has 2 unspecified atom stereocenters. The molecule has 1 aromatic rings. The van der Waals surface area contributed by atoms with Crippen LogP contribution < -0.4 is 10.1 Å². The van der Waals surface area contributed by atoms with Crippen LogP contribution in [0, 0.1) is 6.92 Å². The Morgan fingerprint density at radius 2 is 1.85 bits per heavy atom. The first kappa shape index (κ1) is 17.0.